The van der Waals surface area contributed by atoms with E-state index < -0.39 is 0 Å². The van der Waals surface area contributed by atoms with E-state index in [1.54, 1.807) is 13.2 Å². The number of aromatic nitrogens is 1. The maximum atomic E-state index is 12.2. The van der Waals surface area contributed by atoms with Crippen molar-refractivity contribution in [2.45, 2.75) is 6.92 Å². The minimum atomic E-state index is -0.149. The van der Waals surface area contributed by atoms with Gasteiger partial charge in [0, 0.05) is 16.5 Å². The van der Waals surface area contributed by atoms with Gasteiger partial charge in [0.05, 0.1) is 12.8 Å². The standard InChI is InChI=1S/C18H16N2O2S/c1-12-4-3-5-14(10-12)17(21)20-18-19-16(11-23-18)13-6-8-15(22-2)9-7-13/h3-11H,1-2H3,(H,19,20,21). The molecule has 3 aromatic rings. The van der Waals surface area contributed by atoms with Gasteiger partial charge in [-0.1, -0.05) is 17.7 Å². The molecule has 1 N–H and O–H groups in total. The minimum absolute atomic E-state index is 0.149. The van der Waals surface area contributed by atoms with Crippen LogP contribution in [0.25, 0.3) is 11.3 Å². The largest absolute Gasteiger partial charge is 0.497 e. The van der Waals surface area contributed by atoms with Crippen LogP contribution in [0.5, 0.6) is 5.75 Å². The number of thiazole rings is 1. The summed E-state index contributed by atoms with van der Waals surface area (Å²) in [6, 6.07) is 15.1. The molecule has 1 aromatic heterocycles. The van der Waals surface area contributed by atoms with Crippen LogP contribution in [0.2, 0.25) is 0 Å². The Balaban J connectivity index is 1.75. The van der Waals surface area contributed by atoms with Crippen molar-refractivity contribution in [2.75, 3.05) is 12.4 Å². The third-order valence-corrected chi connectivity index (χ3v) is 4.15. The number of hydrogen-bond acceptors (Lipinski definition) is 4. The molecule has 0 radical (unpaired) electrons. The predicted octanol–water partition coefficient (Wildman–Crippen LogP) is 4.38. The van der Waals surface area contributed by atoms with E-state index in [1.807, 2.05) is 54.8 Å². The van der Waals surface area contributed by atoms with Crippen molar-refractivity contribution in [3.8, 4) is 17.0 Å². The minimum Gasteiger partial charge on any atom is -0.497 e. The van der Waals surface area contributed by atoms with Crippen LogP contribution >= 0.6 is 11.3 Å². The van der Waals surface area contributed by atoms with E-state index in [2.05, 4.69) is 10.3 Å². The zero-order valence-electron chi connectivity index (χ0n) is 12.9. The van der Waals surface area contributed by atoms with Gasteiger partial charge in [0.15, 0.2) is 5.13 Å². The molecule has 3 rings (SSSR count). The highest BCUT2D eigenvalue weighted by Crippen LogP contribution is 2.26. The number of benzene rings is 2. The number of nitrogens with zero attached hydrogens (tertiary/aromatic N) is 1. The molecule has 5 heteroatoms. The van der Waals surface area contributed by atoms with Crippen LogP contribution in [0.15, 0.2) is 53.9 Å². The molecular weight excluding hydrogens is 308 g/mol. The highest BCUT2D eigenvalue weighted by atomic mass is 32.1. The molecule has 0 aliphatic carbocycles. The number of carbonyl (C=O) groups excluding carboxylic acids is 1. The average Bonchev–Trinajstić information content (AvgIpc) is 3.03. The number of amides is 1. The molecule has 0 atom stereocenters. The Morgan fingerprint density at radius 3 is 2.65 bits per heavy atom. The Bertz CT molecular complexity index is 825. The second-order valence-electron chi connectivity index (χ2n) is 5.09. The highest BCUT2D eigenvalue weighted by molar-refractivity contribution is 7.14. The molecule has 4 nitrogen and oxygen atoms in total. The van der Waals surface area contributed by atoms with Crippen LogP contribution in [-0.2, 0) is 0 Å². The fraction of sp³-hybridized carbons (Fsp3) is 0.111. The molecule has 0 spiro atoms. The van der Waals surface area contributed by atoms with Gasteiger partial charge in [-0.3, -0.25) is 10.1 Å². The molecule has 116 valence electrons. The molecule has 0 fully saturated rings. The fourth-order valence-electron chi connectivity index (χ4n) is 2.18. The molecule has 23 heavy (non-hydrogen) atoms. The number of anilines is 1. The quantitative estimate of drug-likeness (QED) is 0.775. The van der Waals surface area contributed by atoms with Crippen molar-refractivity contribution < 1.29 is 9.53 Å². The Morgan fingerprint density at radius 2 is 1.96 bits per heavy atom. The Kier molecular flexibility index (Phi) is 4.39. The van der Waals surface area contributed by atoms with E-state index in [0.717, 1.165) is 22.6 Å². The molecule has 0 saturated carbocycles. The summed E-state index contributed by atoms with van der Waals surface area (Å²) in [6.07, 6.45) is 0. The first-order valence-corrected chi connectivity index (χ1v) is 8.01. The first-order chi connectivity index (χ1) is 11.2. The molecule has 0 aliphatic rings. The lowest BCUT2D eigenvalue weighted by Gasteiger charge is -2.03. The lowest BCUT2D eigenvalue weighted by Crippen LogP contribution is -2.11. The van der Waals surface area contributed by atoms with Gasteiger partial charge in [0.1, 0.15) is 5.75 Å². The monoisotopic (exact) mass is 324 g/mol. The van der Waals surface area contributed by atoms with E-state index in [4.69, 9.17) is 4.74 Å². The summed E-state index contributed by atoms with van der Waals surface area (Å²) in [5.41, 5.74) is 3.50. The van der Waals surface area contributed by atoms with Crippen molar-refractivity contribution in [3.63, 3.8) is 0 Å². The summed E-state index contributed by atoms with van der Waals surface area (Å²) in [7, 11) is 1.64. The summed E-state index contributed by atoms with van der Waals surface area (Å²) in [4.78, 5) is 16.7. The topological polar surface area (TPSA) is 51.2 Å². The van der Waals surface area contributed by atoms with Gasteiger partial charge in [0.2, 0.25) is 0 Å². The SMILES string of the molecule is COc1ccc(-c2csc(NC(=O)c3cccc(C)c3)n2)cc1. The van der Waals surface area contributed by atoms with Crippen molar-refractivity contribution in [3.05, 3.63) is 65.0 Å². The third-order valence-electron chi connectivity index (χ3n) is 3.39. The Morgan fingerprint density at radius 1 is 1.17 bits per heavy atom. The van der Waals surface area contributed by atoms with Gasteiger partial charge in [0.25, 0.3) is 5.91 Å². The van der Waals surface area contributed by atoms with Crippen molar-refractivity contribution in [1.82, 2.24) is 4.98 Å². The number of nitrogens with one attached hydrogen (secondary N) is 1. The summed E-state index contributed by atoms with van der Waals surface area (Å²) < 4.78 is 5.15. The zero-order chi connectivity index (χ0) is 16.2. The van der Waals surface area contributed by atoms with Crippen LogP contribution in [0, 0.1) is 6.92 Å². The first-order valence-electron chi connectivity index (χ1n) is 7.13. The van der Waals surface area contributed by atoms with E-state index in [0.29, 0.717) is 10.7 Å². The van der Waals surface area contributed by atoms with E-state index in [9.17, 15) is 4.79 Å². The van der Waals surface area contributed by atoms with Gasteiger partial charge in [-0.15, -0.1) is 11.3 Å². The zero-order valence-corrected chi connectivity index (χ0v) is 13.7. The molecule has 0 saturated heterocycles. The summed E-state index contributed by atoms with van der Waals surface area (Å²) in [5.74, 6) is 0.654. The first kappa shape index (κ1) is 15.2. The average molecular weight is 324 g/mol. The maximum absolute atomic E-state index is 12.2. The second-order valence-corrected chi connectivity index (χ2v) is 5.95. The fourth-order valence-corrected chi connectivity index (χ4v) is 2.90. The molecule has 2 aromatic carbocycles. The smallest absolute Gasteiger partial charge is 0.257 e. The van der Waals surface area contributed by atoms with E-state index >= 15 is 0 Å². The van der Waals surface area contributed by atoms with Crippen molar-refractivity contribution in [1.29, 1.82) is 0 Å². The van der Waals surface area contributed by atoms with E-state index in [1.165, 1.54) is 11.3 Å². The number of hydrogen-bond donors (Lipinski definition) is 1. The van der Waals surface area contributed by atoms with Crippen LogP contribution in [0.4, 0.5) is 5.13 Å². The maximum Gasteiger partial charge on any atom is 0.257 e. The molecule has 0 bridgehead atoms. The van der Waals surface area contributed by atoms with Crippen LogP contribution in [0.1, 0.15) is 15.9 Å². The normalized spacial score (nSPS) is 10.3. The Labute approximate surface area is 138 Å². The molecule has 1 heterocycles. The molecule has 1 amide bonds. The number of carbonyl (C=O) groups is 1. The van der Waals surface area contributed by atoms with Gasteiger partial charge in [-0.2, -0.15) is 0 Å². The Hall–Kier alpha value is -2.66. The van der Waals surface area contributed by atoms with Crippen LogP contribution < -0.4 is 10.1 Å². The lowest BCUT2D eigenvalue weighted by atomic mass is 10.1. The van der Waals surface area contributed by atoms with Gasteiger partial charge >= 0.3 is 0 Å². The molecule has 0 aliphatic heterocycles. The molecule has 0 unspecified atom stereocenters. The number of rotatable bonds is 4. The van der Waals surface area contributed by atoms with Crippen LogP contribution in [-0.4, -0.2) is 18.0 Å². The number of ether oxygens (including phenoxy) is 1. The van der Waals surface area contributed by atoms with Gasteiger partial charge < -0.3 is 4.74 Å². The predicted molar refractivity (Wildman–Crippen MR) is 93.2 cm³/mol. The van der Waals surface area contributed by atoms with E-state index in [-0.39, 0.29) is 5.91 Å². The van der Waals surface area contributed by atoms with Gasteiger partial charge in [-0.05, 0) is 43.3 Å². The highest BCUT2D eigenvalue weighted by Gasteiger charge is 2.10. The van der Waals surface area contributed by atoms with Crippen molar-refractivity contribution in [2.24, 2.45) is 0 Å². The second kappa shape index (κ2) is 6.62. The summed E-state index contributed by atoms with van der Waals surface area (Å²) >= 11 is 1.41. The number of aryl methyl sites for hydroxylation is 1. The van der Waals surface area contributed by atoms with Crippen molar-refractivity contribution >= 4 is 22.4 Å². The van der Waals surface area contributed by atoms with Crippen LogP contribution in [0.3, 0.4) is 0 Å². The summed E-state index contributed by atoms with van der Waals surface area (Å²) in [6.45, 7) is 1.96. The third kappa shape index (κ3) is 3.57. The lowest BCUT2D eigenvalue weighted by molar-refractivity contribution is 0.102. The molecular formula is C18H16N2O2S. The summed E-state index contributed by atoms with van der Waals surface area (Å²) in [5, 5.41) is 5.35. The number of methoxy groups -OCH3 is 1. The van der Waals surface area contributed by atoms with Gasteiger partial charge in [-0.25, -0.2) is 4.98 Å².